The second kappa shape index (κ2) is 6.79. The molecule has 0 amide bonds. The maximum absolute atomic E-state index is 12.8. The van der Waals surface area contributed by atoms with Gasteiger partial charge in [-0.3, -0.25) is 4.90 Å². The SMILES string of the molecule is CC(CN)N(C)CCOc1ccc(F)cc1Cl. The zero-order valence-electron chi connectivity index (χ0n) is 10.1. The zero-order valence-corrected chi connectivity index (χ0v) is 10.9. The Morgan fingerprint density at radius 1 is 1.53 bits per heavy atom. The fourth-order valence-electron chi connectivity index (χ4n) is 1.29. The number of rotatable bonds is 6. The van der Waals surface area contributed by atoms with Crippen LogP contribution in [0.15, 0.2) is 18.2 Å². The van der Waals surface area contributed by atoms with Gasteiger partial charge in [-0.05, 0) is 32.2 Å². The van der Waals surface area contributed by atoms with Gasteiger partial charge in [0.1, 0.15) is 18.2 Å². The fraction of sp³-hybridized carbons (Fsp3) is 0.500. The average Bonchev–Trinajstić information content (AvgIpc) is 2.30. The summed E-state index contributed by atoms with van der Waals surface area (Å²) in [4.78, 5) is 2.09. The number of nitrogens with zero attached hydrogens (tertiary/aromatic N) is 1. The summed E-state index contributed by atoms with van der Waals surface area (Å²) < 4.78 is 18.3. The zero-order chi connectivity index (χ0) is 12.8. The predicted molar refractivity (Wildman–Crippen MR) is 68.1 cm³/mol. The lowest BCUT2D eigenvalue weighted by molar-refractivity contribution is 0.203. The molecule has 1 rings (SSSR count). The van der Waals surface area contributed by atoms with E-state index in [1.54, 1.807) is 0 Å². The monoisotopic (exact) mass is 260 g/mol. The first-order valence-corrected chi connectivity index (χ1v) is 5.90. The summed E-state index contributed by atoms with van der Waals surface area (Å²) in [5, 5.41) is 0.291. The summed E-state index contributed by atoms with van der Waals surface area (Å²) in [6.45, 7) is 3.89. The fourth-order valence-corrected chi connectivity index (χ4v) is 1.51. The van der Waals surface area contributed by atoms with Crippen molar-refractivity contribution < 1.29 is 9.13 Å². The molecule has 17 heavy (non-hydrogen) atoms. The van der Waals surface area contributed by atoms with E-state index < -0.39 is 0 Å². The molecule has 0 heterocycles. The van der Waals surface area contributed by atoms with E-state index in [1.807, 2.05) is 14.0 Å². The second-order valence-corrected chi connectivity index (χ2v) is 4.40. The first-order valence-electron chi connectivity index (χ1n) is 5.52. The van der Waals surface area contributed by atoms with Crippen molar-refractivity contribution >= 4 is 11.6 Å². The Hall–Kier alpha value is -0.840. The third-order valence-electron chi connectivity index (χ3n) is 2.69. The molecule has 3 nitrogen and oxygen atoms in total. The Bertz CT molecular complexity index is 362. The molecule has 0 aromatic heterocycles. The Morgan fingerprint density at radius 3 is 2.82 bits per heavy atom. The normalized spacial score (nSPS) is 12.8. The molecule has 2 N–H and O–H groups in total. The highest BCUT2D eigenvalue weighted by Gasteiger charge is 2.07. The van der Waals surface area contributed by atoms with E-state index in [-0.39, 0.29) is 5.82 Å². The molecule has 1 unspecified atom stereocenters. The van der Waals surface area contributed by atoms with Crippen molar-refractivity contribution in [2.24, 2.45) is 5.73 Å². The molecule has 0 bridgehead atoms. The van der Waals surface area contributed by atoms with E-state index in [9.17, 15) is 4.39 Å². The molecule has 0 radical (unpaired) electrons. The van der Waals surface area contributed by atoms with Crippen molar-refractivity contribution in [3.05, 3.63) is 29.0 Å². The molecule has 96 valence electrons. The van der Waals surface area contributed by atoms with Crippen LogP contribution < -0.4 is 10.5 Å². The quantitative estimate of drug-likeness (QED) is 0.852. The molecule has 0 aliphatic carbocycles. The minimum atomic E-state index is -0.365. The molecular weight excluding hydrogens is 243 g/mol. The second-order valence-electron chi connectivity index (χ2n) is 3.99. The van der Waals surface area contributed by atoms with Gasteiger partial charge >= 0.3 is 0 Å². The molecule has 1 atom stereocenters. The average molecular weight is 261 g/mol. The van der Waals surface area contributed by atoms with Gasteiger partial charge in [0, 0.05) is 19.1 Å². The highest BCUT2D eigenvalue weighted by atomic mass is 35.5. The summed E-state index contributed by atoms with van der Waals surface area (Å²) in [5.74, 6) is 0.137. The minimum absolute atomic E-state index is 0.291. The van der Waals surface area contributed by atoms with E-state index in [4.69, 9.17) is 22.1 Å². The summed E-state index contributed by atoms with van der Waals surface area (Å²) in [5.41, 5.74) is 5.55. The summed E-state index contributed by atoms with van der Waals surface area (Å²) in [6, 6.07) is 4.41. The maximum Gasteiger partial charge on any atom is 0.138 e. The van der Waals surface area contributed by atoms with Crippen molar-refractivity contribution in [1.29, 1.82) is 0 Å². The van der Waals surface area contributed by atoms with Crippen LogP contribution >= 0.6 is 11.6 Å². The van der Waals surface area contributed by atoms with Gasteiger partial charge in [0.25, 0.3) is 0 Å². The van der Waals surface area contributed by atoms with Crippen LogP contribution in [0.1, 0.15) is 6.92 Å². The number of ether oxygens (including phenoxy) is 1. The number of benzene rings is 1. The third kappa shape index (κ3) is 4.50. The van der Waals surface area contributed by atoms with Gasteiger partial charge in [-0.25, -0.2) is 4.39 Å². The van der Waals surface area contributed by atoms with Crippen LogP contribution in [0.4, 0.5) is 4.39 Å². The largest absolute Gasteiger partial charge is 0.491 e. The Balaban J connectivity index is 2.40. The van der Waals surface area contributed by atoms with E-state index in [0.29, 0.717) is 30.0 Å². The lowest BCUT2D eigenvalue weighted by atomic mass is 10.3. The summed E-state index contributed by atoms with van der Waals surface area (Å²) in [6.07, 6.45) is 0. The highest BCUT2D eigenvalue weighted by molar-refractivity contribution is 6.32. The molecular formula is C12H18ClFN2O. The van der Waals surface area contributed by atoms with Gasteiger partial charge in [0.2, 0.25) is 0 Å². The number of nitrogens with two attached hydrogens (primary N) is 1. The predicted octanol–water partition coefficient (Wildman–Crippen LogP) is 2.14. The van der Waals surface area contributed by atoms with E-state index in [2.05, 4.69) is 4.90 Å². The van der Waals surface area contributed by atoms with Crippen LogP contribution in [0.3, 0.4) is 0 Å². The van der Waals surface area contributed by atoms with Gasteiger partial charge in [-0.2, -0.15) is 0 Å². The van der Waals surface area contributed by atoms with Crippen molar-refractivity contribution in [2.45, 2.75) is 13.0 Å². The standard InChI is InChI=1S/C12H18ClFN2O/c1-9(8-15)16(2)5-6-17-12-4-3-10(14)7-11(12)13/h3-4,7,9H,5-6,8,15H2,1-2H3. The van der Waals surface area contributed by atoms with Crippen molar-refractivity contribution in [3.63, 3.8) is 0 Å². The van der Waals surface area contributed by atoms with Gasteiger partial charge in [-0.1, -0.05) is 11.6 Å². The smallest absolute Gasteiger partial charge is 0.138 e. The third-order valence-corrected chi connectivity index (χ3v) is 2.98. The first-order chi connectivity index (χ1) is 8.04. The minimum Gasteiger partial charge on any atom is -0.491 e. The summed E-state index contributed by atoms with van der Waals surface area (Å²) >= 11 is 5.84. The first kappa shape index (κ1) is 14.2. The Kier molecular flexibility index (Phi) is 5.68. The van der Waals surface area contributed by atoms with E-state index in [0.717, 1.165) is 6.54 Å². The van der Waals surface area contributed by atoms with Gasteiger partial charge in [0.15, 0.2) is 0 Å². The molecule has 0 saturated carbocycles. The molecule has 5 heteroatoms. The number of halogens is 2. The molecule has 0 fully saturated rings. The number of hydrogen-bond acceptors (Lipinski definition) is 3. The number of likely N-dealkylation sites (N-methyl/N-ethyl adjacent to an activating group) is 1. The van der Waals surface area contributed by atoms with Crippen LogP contribution in [0.5, 0.6) is 5.75 Å². The number of hydrogen-bond donors (Lipinski definition) is 1. The van der Waals surface area contributed by atoms with Gasteiger partial charge in [0.05, 0.1) is 5.02 Å². The van der Waals surface area contributed by atoms with Crippen LogP contribution in [0, 0.1) is 5.82 Å². The van der Waals surface area contributed by atoms with Crippen LogP contribution in [-0.4, -0.2) is 37.7 Å². The summed E-state index contributed by atoms with van der Waals surface area (Å²) in [7, 11) is 1.98. The molecule has 0 aliphatic heterocycles. The van der Waals surface area contributed by atoms with Crippen molar-refractivity contribution in [1.82, 2.24) is 4.90 Å². The topological polar surface area (TPSA) is 38.5 Å². The molecule has 0 saturated heterocycles. The molecule has 0 spiro atoms. The van der Waals surface area contributed by atoms with Crippen LogP contribution in [0.2, 0.25) is 5.02 Å². The van der Waals surface area contributed by atoms with Crippen molar-refractivity contribution in [2.75, 3.05) is 26.7 Å². The van der Waals surface area contributed by atoms with Gasteiger partial charge in [-0.15, -0.1) is 0 Å². The van der Waals surface area contributed by atoms with E-state index in [1.165, 1.54) is 18.2 Å². The van der Waals surface area contributed by atoms with Gasteiger partial charge < -0.3 is 10.5 Å². The lowest BCUT2D eigenvalue weighted by Gasteiger charge is -2.23. The maximum atomic E-state index is 12.8. The highest BCUT2D eigenvalue weighted by Crippen LogP contribution is 2.24. The van der Waals surface area contributed by atoms with Crippen LogP contribution in [0.25, 0.3) is 0 Å². The lowest BCUT2D eigenvalue weighted by Crippen LogP contribution is -2.37. The molecule has 0 aliphatic rings. The Labute approximate surface area is 106 Å². The molecule has 1 aromatic rings. The van der Waals surface area contributed by atoms with E-state index >= 15 is 0 Å². The Morgan fingerprint density at radius 2 is 2.24 bits per heavy atom. The molecule has 1 aromatic carbocycles. The van der Waals surface area contributed by atoms with Crippen LogP contribution in [-0.2, 0) is 0 Å². The van der Waals surface area contributed by atoms with Crippen molar-refractivity contribution in [3.8, 4) is 5.75 Å².